The van der Waals surface area contributed by atoms with Gasteiger partial charge in [0.25, 0.3) is 0 Å². The molecule has 154 valence electrons. The normalized spacial score (nSPS) is 10.7. The Labute approximate surface area is 170 Å². The summed E-state index contributed by atoms with van der Waals surface area (Å²) >= 11 is 0. The number of hydrogen-bond donors (Lipinski definition) is 1. The molecule has 0 saturated heterocycles. The number of nitrogens with zero attached hydrogens (tertiary/aromatic N) is 1. The molecule has 0 bridgehead atoms. The van der Waals surface area contributed by atoms with E-state index in [4.69, 9.17) is 18.9 Å². The summed E-state index contributed by atoms with van der Waals surface area (Å²) in [6.07, 6.45) is 0. The minimum absolute atomic E-state index is 0.329. The van der Waals surface area contributed by atoms with Crippen molar-refractivity contribution in [3.05, 3.63) is 41.6 Å². The van der Waals surface area contributed by atoms with E-state index < -0.39 is 0 Å². The van der Waals surface area contributed by atoms with E-state index in [9.17, 15) is 4.79 Å². The fourth-order valence-electron chi connectivity index (χ4n) is 3.38. The highest BCUT2D eigenvalue weighted by atomic mass is 16.5. The van der Waals surface area contributed by atoms with E-state index in [-0.39, 0.29) is 5.97 Å². The van der Waals surface area contributed by atoms with Gasteiger partial charge in [-0.25, -0.2) is 4.79 Å². The van der Waals surface area contributed by atoms with Crippen molar-refractivity contribution in [3.8, 4) is 17.2 Å². The molecule has 2 aromatic carbocycles. The van der Waals surface area contributed by atoms with Gasteiger partial charge in [-0.15, -0.1) is 0 Å². The van der Waals surface area contributed by atoms with E-state index in [1.54, 1.807) is 28.3 Å². The summed E-state index contributed by atoms with van der Waals surface area (Å²) in [5, 5.41) is 4.33. The number of methoxy groups -OCH3 is 3. The van der Waals surface area contributed by atoms with Gasteiger partial charge in [-0.2, -0.15) is 0 Å². The minimum atomic E-state index is -0.345. The molecular formula is C22H26N2O5. The highest BCUT2D eigenvalue weighted by Crippen LogP contribution is 2.41. The van der Waals surface area contributed by atoms with Crippen LogP contribution >= 0.6 is 0 Å². The topological polar surface area (TPSA) is 71.0 Å². The molecule has 0 fully saturated rings. The second kappa shape index (κ2) is 8.34. The highest BCUT2D eigenvalue weighted by Gasteiger charge is 2.18. The van der Waals surface area contributed by atoms with Gasteiger partial charge in [0.2, 0.25) is 5.75 Å². The molecule has 0 amide bonds. The Kier molecular flexibility index (Phi) is 5.87. The third-order valence-electron chi connectivity index (χ3n) is 4.73. The van der Waals surface area contributed by atoms with Crippen molar-refractivity contribution in [2.75, 3.05) is 33.3 Å². The monoisotopic (exact) mass is 398 g/mol. The van der Waals surface area contributed by atoms with Crippen LogP contribution in [0.4, 0.5) is 11.4 Å². The smallest absolute Gasteiger partial charge is 0.354 e. The number of rotatable bonds is 7. The first-order chi connectivity index (χ1) is 13.9. The number of aromatic nitrogens is 1. The molecular weight excluding hydrogens is 372 g/mol. The summed E-state index contributed by atoms with van der Waals surface area (Å²) in [4.78, 5) is 12.3. The van der Waals surface area contributed by atoms with Gasteiger partial charge < -0.3 is 28.8 Å². The lowest BCUT2D eigenvalue weighted by atomic mass is 10.1. The van der Waals surface area contributed by atoms with Crippen LogP contribution in [0.3, 0.4) is 0 Å². The van der Waals surface area contributed by atoms with Crippen LogP contribution in [-0.4, -0.2) is 38.5 Å². The number of esters is 1. The molecule has 3 aromatic rings. The summed E-state index contributed by atoms with van der Waals surface area (Å²) in [6, 6.07) is 9.58. The van der Waals surface area contributed by atoms with Crippen LogP contribution in [0.15, 0.2) is 30.3 Å². The standard InChI is InChI=1S/C22H26N2O5/c1-7-29-22(25)18-12-15-16(8-13(2)9-17(15)24(18)3)23-14-10-19(26-4)21(28-6)20(11-14)27-5/h8-12,23H,7H2,1-6H3. The van der Waals surface area contributed by atoms with Crippen LogP contribution in [0.5, 0.6) is 17.2 Å². The molecule has 0 spiro atoms. The fourth-order valence-corrected chi connectivity index (χ4v) is 3.38. The van der Waals surface area contributed by atoms with E-state index >= 15 is 0 Å². The molecule has 0 saturated carbocycles. The second-order valence-corrected chi connectivity index (χ2v) is 6.59. The van der Waals surface area contributed by atoms with Crippen LogP contribution in [0, 0.1) is 6.92 Å². The SMILES string of the molecule is CCOC(=O)c1cc2c(Nc3cc(OC)c(OC)c(OC)c3)cc(C)cc2n1C. The van der Waals surface area contributed by atoms with Crippen LogP contribution in [0.25, 0.3) is 10.9 Å². The average molecular weight is 398 g/mol. The van der Waals surface area contributed by atoms with E-state index in [2.05, 4.69) is 5.32 Å². The maximum Gasteiger partial charge on any atom is 0.354 e. The van der Waals surface area contributed by atoms with E-state index in [0.717, 1.165) is 27.8 Å². The zero-order chi connectivity index (χ0) is 21.1. The Morgan fingerprint density at radius 2 is 1.66 bits per heavy atom. The zero-order valence-corrected chi connectivity index (χ0v) is 17.6. The van der Waals surface area contributed by atoms with E-state index in [0.29, 0.717) is 29.5 Å². The first kappa shape index (κ1) is 20.4. The molecule has 1 aromatic heterocycles. The van der Waals surface area contributed by atoms with Crippen molar-refractivity contribution in [3.63, 3.8) is 0 Å². The Bertz CT molecular complexity index is 1030. The summed E-state index contributed by atoms with van der Waals surface area (Å²) in [6.45, 7) is 4.13. The number of carbonyl (C=O) groups excluding carboxylic acids is 1. The quantitative estimate of drug-likeness (QED) is 0.594. The maximum absolute atomic E-state index is 12.3. The van der Waals surface area contributed by atoms with Crippen LogP contribution < -0.4 is 19.5 Å². The van der Waals surface area contributed by atoms with Crippen molar-refractivity contribution in [2.24, 2.45) is 7.05 Å². The third kappa shape index (κ3) is 3.81. The number of carbonyl (C=O) groups is 1. The maximum atomic E-state index is 12.3. The predicted octanol–water partition coefficient (Wildman–Crippen LogP) is 4.43. The van der Waals surface area contributed by atoms with Crippen molar-refractivity contribution in [1.82, 2.24) is 4.57 Å². The number of benzene rings is 2. The number of hydrogen-bond acceptors (Lipinski definition) is 6. The van der Waals surface area contributed by atoms with E-state index in [1.165, 1.54) is 0 Å². The lowest BCUT2D eigenvalue weighted by Gasteiger charge is -2.16. The molecule has 1 heterocycles. The molecule has 0 unspecified atom stereocenters. The van der Waals surface area contributed by atoms with E-state index in [1.807, 2.05) is 48.9 Å². The van der Waals surface area contributed by atoms with Gasteiger partial charge in [0.1, 0.15) is 5.69 Å². The van der Waals surface area contributed by atoms with Crippen LogP contribution in [-0.2, 0) is 11.8 Å². The molecule has 29 heavy (non-hydrogen) atoms. The van der Waals surface area contributed by atoms with Crippen LogP contribution in [0.1, 0.15) is 23.0 Å². The van der Waals surface area contributed by atoms with Crippen LogP contribution in [0.2, 0.25) is 0 Å². The Balaban J connectivity index is 2.11. The molecule has 0 atom stereocenters. The van der Waals surface area contributed by atoms with Gasteiger partial charge in [-0.1, -0.05) is 0 Å². The molecule has 7 nitrogen and oxygen atoms in total. The first-order valence-corrected chi connectivity index (χ1v) is 9.27. The van der Waals surface area contributed by atoms with Crippen molar-refractivity contribution >= 4 is 28.2 Å². The summed E-state index contributed by atoms with van der Waals surface area (Å²) in [7, 11) is 6.58. The molecule has 0 aliphatic heterocycles. The minimum Gasteiger partial charge on any atom is -0.493 e. The number of ether oxygens (including phenoxy) is 4. The lowest BCUT2D eigenvalue weighted by Crippen LogP contribution is -2.09. The van der Waals surface area contributed by atoms with Gasteiger partial charge >= 0.3 is 5.97 Å². The predicted molar refractivity (Wildman–Crippen MR) is 113 cm³/mol. The highest BCUT2D eigenvalue weighted by molar-refractivity contribution is 6.01. The number of nitrogens with one attached hydrogen (secondary N) is 1. The van der Waals surface area contributed by atoms with Crippen molar-refractivity contribution in [2.45, 2.75) is 13.8 Å². The molecule has 7 heteroatoms. The van der Waals surface area contributed by atoms with Gasteiger partial charge in [0.05, 0.1) is 33.5 Å². The zero-order valence-electron chi connectivity index (χ0n) is 17.6. The third-order valence-corrected chi connectivity index (χ3v) is 4.73. The molecule has 0 aliphatic carbocycles. The van der Waals surface area contributed by atoms with Crippen molar-refractivity contribution < 1.29 is 23.7 Å². The Morgan fingerprint density at radius 1 is 1.00 bits per heavy atom. The van der Waals surface area contributed by atoms with Gasteiger partial charge in [0, 0.05) is 35.9 Å². The first-order valence-electron chi connectivity index (χ1n) is 9.27. The second-order valence-electron chi connectivity index (χ2n) is 6.59. The molecule has 1 N–H and O–H groups in total. The summed E-state index contributed by atoms with van der Waals surface area (Å²) < 4.78 is 23.3. The number of aryl methyl sites for hydroxylation is 2. The van der Waals surface area contributed by atoms with Gasteiger partial charge in [-0.05, 0) is 37.6 Å². The van der Waals surface area contributed by atoms with Gasteiger partial charge in [-0.3, -0.25) is 0 Å². The van der Waals surface area contributed by atoms with Gasteiger partial charge in [0.15, 0.2) is 11.5 Å². The van der Waals surface area contributed by atoms with Crippen molar-refractivity contribution in [1.29, 1.82) is 0 Å². The Morgan fingerprint density at radius 3 is 2.21 bits per heavy atom. The molecule has 0 radical (unpaired) electrons. The molecule has 0 aliphatic rings. The summed E-state index contributed by atoms with van der Waals surface area (Å²) in [5.74, 6) is 1.29. The average Bonchev–Trinajstić information content (AvgIpc) is 3.04. The lowest BCUT2D eigenvalue weighted by molar-refractivity contribution is 0.0516. The Hall–Kier alpha value is -3.35. The number of fused-ring (bicyclic) bond motifs is 1. The molecule has 3 rings (SSSR count). The number of anilines is 2. The largest absolute Gasteiger partial charge is 0.493 e. The summed E-state index contributed by atoms with van der Waals surface area (Å²) in [5.41, 5.74) is 4.13. The fraction of sp³-hybridized carbons (Fsp3) is 0.318.